The van der Waals surface area contributed by atoms with E-state index < -0.39 is 6.09 Å². The van der Waals surface area contributed by atoms with Gasteiger partial charge in [-0.15, -0.1) is 10.2 Å². The minimum atomic E-state index is -0.506. The van der Waals surface area contributed by atoms with Gasteiger partial charge in [0.2, 0.25) is 0 Å². The van der Waals surface area contributed by atoms with Crippen LogP contribution in [0.2, 0.25) is 0 Å². The molecule has 0 atom stereocenters. The first-order valence-electron chi connectivity index (χ1n) is 5.06. The lowest BCUT2D eigenvalue weighted by Crippen LogP contribution is -2.14. The number of pyridine rings is 1. The summed E-state index contributed by atoms with van der Waals surface area (Å²) in [5, 5.41) is 10.6. The van der Waals surface area contributed by atoms with Gasteiger partial charge in [0.15, 0.2) is 5.65 Å². The van der Waals surface area contributed by atoms with Crippen molar-refractivity contribution >= 4 is 33.4 Å². The summed E-state index contributed by atoms with van der Waals surface area (Å²) >= 11 is 3.36. The van der Waals surface area contributed by atoms with E-state index >= 15 is 0 Å². The van der Waals surface area contributed by atoms with Crippen molar-refractivity contribution in [1.82, 2.24) is 14.6 Å². The number of hydrogen-bond donors (Lipinski definition) is 1. The first kappa shape index (κ1) is 11.8. The zero-order chi connectivity index (χ0) is 12.4. The number of carbonyl (C=O) groups excluding carboxylic acids is 1. The van der Waals surface area contributed by atoms with Gasteiger partial charge in [0.25, 0.3) is 0 Å². The molecule has 1 N–H and O–H groups in total. The summed E-state index contributed by atoms with van der Waals surface area (Å²) in [6.07, 6.45) is 1.33. The first-order valence-corrected chi connectivity index (χ1v) is 5.85. The van der Waals surface area contributed by atoms with Crippen molar-refractivity contribution in [3.63, 3.8) is 0 Å². The van der Waals surface area contributed by atoms with Gasteiger partial charge in [0.05, 0.1) is 12.3 Å². The number of carbonyl (C=O) groups is 1. The van der Waals surface area contributed by atoms with Gasteiger partial charge in [-0.3, -0.25) is 9.72 Å². The van der Waals surface area contributed by atoms with E-state index in [0.717, 1.165) is 10.3 Å². The SMILES string of the molecule is CCOC(=O)Nc1cc(Br)cn2c(C)nnc12. The Morgan fingerprint density at radius 2 is 2.35 bits per heavy atom. The number of amides is 1. The Hall–Kier alpha value is -1.63. The molecule has 90 valence electrons. The zero-order valence-electron chi connectivity index (χ0n) is 9.40. The third-order valence-electron chi connectivity index (χ3n) is 2.15. The molecule has 6 nitrogen and oxygen atoms in total. The smallest absolute Gasteiger partial charge is 0.411 e. The van der Waals surface area contributed by atoms with Gasteiger partial charge in [-0.2, -0.15) is 0 Å². The van der Waals surface area contributed by atoms with Crippen LogP contribution in [0.5, 0.6) is 0 Å². The number of anilines is 1. The molecule has 0 saturated heterocycles. The second-order valence-electron chi connectivity index (χ2n) is 3.36. The highest BCUT2D eigenvalue weighted by Gasteiger charge is 2.11. The molecule has 2 heterocycles. The molecule has 0 bridgehead atoms. The molecule has 0 aromatic carbocycles. The van der Waals surface area contributed by atoms with Crippen LogP contribution in [0.3, 0.4) is 0 Å². The predicted octanol–water partition coefficient (Wildman–Crippen LogP) is 2.37. The van der Waals surface area contributed by atoms with E-state index in [1.165, 1.54) is 0 Å². The average Bonchev–Trinajstić information content (AvgIpc) is 2.61. The fourth-order valence-electron chi connectivity index (χ4n) is 1.44. The largest absolute Gasteiger partial charge is 0.450 e. The van der Waals surface area contributed by atoms with Crippen LogP contribution >= 0.6 is 15.9 Å². The third kappa shape index (κ3) is 2.38. The minimum absolute atomic E-state index is 0.321. The molecule has 2 aromatic heterocycles. The zero-order valence-corrected chi connectivity index (χ0v) is 11.0. The van der Waals surface area contributed by atoms with Gasteiger partial charge in [-0.1, -0.05) is 0 Å². The van der Waals surface area contributed by atoms with Crippen molar-refractivity contribution in [3.05, 3.63) is 22.6 Å². The molecule has 7 heteroatoms. The molecule has 2 rings (SSSR count). The fourth-order valence-corrected chi connectivity index (χ4v) is 1.87. The van der Waals surface area contributed by atoms with E-state index in [1.54, 1.807) is 17.4 Å². The van der Waals surface area contributed by atoms with Crippen LogP contribution in [0.4, 0.5) is 10.5 Å². The molecular formula is C10H11BrN4O2. The van der Waals surface area contributed by atoms with E-state index in [-0.39, 0.29) is 0 Å². The maximum atomic E-state index is 11.4. The van der Waals surface area contributed by atoms with Crippen molar-refractivity contribution in [2.45, 2.75) is 13.8 Å². The molecular weight excluding hydrogens is 288 g/mol. The molecule has 0 aliphatic rings. The van der Waals surface area contributed by atoms with Gasteiger partial charge in [0, 0.05) is 10.7 Å². The van der Waals surface area contributed by atoms with E-state index in [4.69, 9.17) is 4.74 Å². The molecule has 17 heavy (non-hydrogen) atoms. The predicted molar refractivity (Wildman–Crippen MR) is 66.1 cm³/mol. The average molecular weight is 299 g/mol. The molecule has 0 saturated carbocycles. The van der Waals surface area contributed by atoms with Gasteiger partial charge in [-0.05, 0) is 35.8 Å². The second kappa shape index (κ2) is 4.70. The standard InChI is InChI=1S/C10H11BrN4O2/c1-3-17-10(16)12-8-4-7(11)5-15-6(2)13-14-9(8)15/h4-5H,3H2,1-2H3,(H,12,16). The van der Waals surface area contributed by atoms with E-state index in [9.17, 15) is 4.79 Å². The topological polar surface area (TPSA) is 68.5 Å². The van der Waals surface area contributed by atoms with Gasteiger partial charge in [0.1, 0.15) is 5.82 Å². The van der Waals surface area contributed by atoms with Crippen molar-refractivity contribution in [2.24, 2.45) is 0 Å². The molecule has 0 spiro atoms. The number of nitrogens with one attached hydrogen (secondary N) is 1. The van der Waals surface area contributed by atoms with E-state index in [2.05, 4.69) is 31.4 Å². The normalized spacial score (nSPS) is 10.5. The van der Waals surface area contributed by atoms with E-state index in [1.807, 2.05) is 13.1 Å². The summed E-state index contributed by atoms with van der Waals surface area (Å²) in [4.78, 5) is 11.4. The molecule has 0 radical (unpaired) electrons. The lowest BCUT2D eigenvalue weighted by atomic mass is 10.4. The lowest BCUT2D eigenvalue weighted by molar-refractivity contribution is 0.168. The van der Waals surface area contributed by atoms with Crippen molar-refractivity contribution < 1.29 is 9.53 Å². The van der Waals surface area contributed by atoms with Crippen LogP contribution < -0.4 is 5.32 Å². The van der Waals surface area contributed by atoms with Crippen LogP contribution in [-0.2, 0) is 4.74 Å². The Labute approximate surface area is 106 Å². The van der Waals surface area contributed by atoms with Crippen molar-refractivity contribution in [1.29, 1.82) is 0 Å². The first-order chi connectivity index (χ1) is 8.11. The van der Waals surface area contributed by atoms with Gasteiger partial charge in [-0.25, -0.2) is 4.79 Å². The van der Waals surface area contributed by atoms with Crippen molar-refractivity contribution in [2.75, 3.05) is 11.9 Å². The highest BCUT2D eigenvalue weighted by Crippen LogP contribution is 2.22. The van der Waals surface area contributed by atoms with Gasteiger partial charge >= 0.3 is 6.09 Å². The Bertz CT molecular complexity index is 567. The number of aromatic nitrogens is 3. The van der Waals surface area contributed by atoms with Crippen LogP contribution in [0, 0.1) is 6.92 Å². The molecule has 0 fully saturated rings. The Morgan fingerprint density at radius 1 is 1.59 bits per heavy atom. The molecule has 0 aliphatic carbocycles. The van der Waals surface area contributed by atoms with Gasteiger partial charge < -0.3 is 4.74 Å². The quantitative estimate of drug-likeness (QED) is 0.924. The fraction of sp³-hybridized carbons (Fsp3) is 0.300. The number of aryl methyl sites for hydroxylation is 1. The third-order valence-corrected chi connectivity index (χ3v) is 2.59. The molecule has 2 aromatic rings. The summed E-state index contributed by atoms with van der Waals surface area (Å²) < 4.78 is 7.42. The van der Waals surface area contributed by atoms with Crippen LogP contribution in [0.25, 0.3) is 5.65 Å². The van der Waals surface area contributed by atoms with Crippen LogP contribution in [0.1, 0.15) is 12.7 Å². The Balaban J connectivity index is 2.42. The maximum Gasteiger partial charge on any atom is 0.411 e. The molecule has 0 unspecified atom stereocenters. The van der Waals surface area contributed by atoms with Crippen LogP contribution in [-0.4, -0.2) is 27.3 Å². The number of rotatable bonds is 2. The minimum Gasteiger partial charge on any atom is -0.450 e. The highest BCUT2D eigenvalue weighted by molar-refractivity contribution is 9.10. The number of fused-ring (bicyclic) bond motifs is 1. The number of nitrogens with zero attached hydrogens (tertiary/aromatic N) is 3. The Kier molecular flexibility index (Phi) is 3.28. The Morgan fingerprint density at radius 3 is 3.06 bits per heavy atom. The summed E-state index contributed by atoms with van der Waals surface area (Å²) in [5.41, 5.74) is 1.14. The summed E-state index contributed by atoms with van der Waals surface area (Å²) in [6, 6.07) is 1.75. The van der Waals surface area contributed by atoms with Crippen LogP contribution in [0.15, 0.2) is 16.7 Å². The lowest BCUT2D eigenvalue weighted by Gasteiger charge is -2.07. The second-order valence-corrected chi connectivity index (χ2v) is 4.27. The van der Waals surface area contributed by atoms with Crippen molar-refractivity contribution in [3.8, 4) is 0 Å². The highest BCUT2D eigenvalue weighted by atomic mass is 79.9. The molecule has 0 aliphatic heterocycles. The number of hydrogen-bond acceptors (Lipinski definition) is 4. The summed E-state index contributed by atoms with van der Waals surface area (Å²) in [7, 11) is 0. The molecule has 1 amide bonds. The summed E-state index contributed by atoms with van der Waals surface area (Å²) in [5.74, 6) is 0.744. The number of ether oxygens (including phenoxy) is 1. The van der Waals surface area contributed by atoms with E-state index in [0.29, 0.717) is 17.9 Å². The number of halogens is 1. The monoisotopic (exact) mass is 298 g/mol. The summed E-state index contributed by atoms with van der Waals surface area (Å²) in [6.45, 7) is 3.90. The maximum absolute atomic E-state index is 11.4.